The predicted octanol–water partition coefficient (Wildman–Crippen LogP) is 4.33. The molecule has 2 aromatic carbocycles. The highest BCUT2D eigenvalue weighted by Crippen LogP contribution is 2.37. The van der Waals surface area contributed by atoms with Crippen molar-refractivity contribution in [3.63, 3.8) is 0 Å². The molecule has 1 saturated heterocycles. The van der Waals surface area contributed by atoms with Gasteiger partial charge in [-0.2, -0.15) is 0 Å². The van der Waals surface area contributed by atoms with Crippen molar-refractivity contribution in [2.75, 3.05) is 13.2 Å². The molecule has 0 saturated carbocycles. The molecule has 0 aromatic heterocycles. The van der Waals surface area contributed by atoms with E-state index in [2.05, 4.69) is 79.3 Å². The van der Waals surface area contributed by atoms with Crippen LogP contribution in [0.2, 0.25) is 5.04 Å². The number of esters is 1. The van der Waals surface area contributed by atoms with Gasteiger partial charge in [0, 0.05) is 18.3 Å². The summed E-state index contributed by atoms with van der Waals surface area (Å²) in [7, 11) is -2.74. The molecule has 2 aromatic rings. The molecule has 1 aliphatic heterocycles. The normalized spacial score (nSPS) is 21.2. The van der Waals surface area contributed by atoms with E-state index >= 15 is 0 Å². The number of carbonyl (C=O) groups is 1. The van der Waals surface area contributed by atoms with Crippen LogP contribution in [0.4, 0.5) is 0 Å². The quantitative estimate of drug-likeness (QED) is 0.160. The van der Waals surface area contributed by atoms with Crippen LogP contribution in [0, 0.1) is 0 Å². The van der Waals surface area contributed by atoms with Gasteiger partial charge in [-0.25, -0.2) is 0 Å². The number of nitrogens with zero attached hydrogens (tertiary/aromatic N) is 3. The Labute approximate surface area is 208 Å². The summed E-state index contributed by atoms with van der Waals surface area (Å²) in [4.78, 5) is 14.1. The third kappa shape index (κ3) is 6.51. The van der Waals surface area contributed by atoms with E-state index in [1.807, 2.05) is 19.1 Å². The first-order valence-electron chi connectivity index (χ1n) is 11.9. The van der Waals surface area contributed by atoms with Gasteiger partial charge in [0.15, 0.2) is 6.23 Å². The minimum absolute atomic E-state index is 0.0480. The van der Waals surface area contributed by atoms with Gasteiger partial charge in [-0.05, 0) is 27.9 Å². The molecule has 0 aliphatic carbocycles. The largest absolute Gasteiger partial charge is 0.463 e. The molecule has 0 radical (unpaired) electrons. The van der Waals surface area contributed by atoms with Crippen LogP contribution in [0.15, 0.2) is 65.8 Å². The molecule has 188 valence electrons. The number of ether oxygens (including phenoxy) is 3. The van der Waals surface area contributed by atoms with Gasteiger partial charge < -0.3 is 18.6 Å². The van der Waals surface area contributed by atoms with E-state index in [9.17, 15) is 4.79 Å². The van der Waals surface area contributed by atoms with Crippen LogP contribution in [0.25, 0.3) is 10.4 Å². The third-order valence-corrected chi connectivity index (χ3v) is 11.2. The molecule has 9 heteroatoms. The third-order valence-electron chi connectivity index (χ3n) is 6.21. The summed E-state index contributed by atoms with van der Waals surface area (Å²) in [5, 5.41) is 5.86. The van der Waals surface area contributed by atoms with Gasteiger partial charge >= 0.3 is 5.97 Å². The summed E-state index contributed by atoms with van der Waals surface area (Å²) >= 11 is 0. The number of hydrogen-bond acceptors (Lipinski definition) is 6. The van der Waals surface area contributed by atoms with Crippen LogP contribution in [0.1, 0.15) is 41.0 Å². The molecular formula is C26H35N3O5Si. The van der Waals surface area contributed by atoms with Crippen molar-refractivity contribution in [3.8, 4) is 0 Å². The maximum absolute atomic E-state index is 11.2. The molecule has 1 aliphatic rings. The van der Waals surface area contributed by atoms with E-state index in [0.717, 1.165) is 0 Å². The molecule has 2 unspecified atom stereocenters. The van der Waals surface area contributed by atoms with E-state index in [1.54, 1.807) is 0 Å². The van der Waals surface area contributed by atoms with Crippen molar-refractivity contribution >= 4 is 24.7 Å². The Morgan fingerprint density at radius 2 is 1.71 bits per heavy atom. The molecule has 0 bridgehead atoms. The fraction of sp³-hybridized carbons (Fsp3) is 0.500. The van der Waals surface area contributed by atoms with Gasteiger partial charge in [0.05, 0.1) is 18.8 Å². The zero-order valence-electron chi connectivity index (χ0n) is 21.1. The summed E-state index contributed by atoms with van der Waals surface area (Å²) < 4.78 is 24.3. The van der Waals surface area contributed by atoms with Crippen LogP contribution >= 0.6 is 0 Å². The van der Waals surface area contributed by atoms with E-state index in [1.165, 1.54) is 17.3 Å². The second-order valence-electron chi connectivity index (χ2n) is 9.83. The van der Waals surface area contributed by atoms with Crippen LogP contribution in [0.5, 0.6) is 0 Å². The number of carbonyl (C=O) groups excluding carboxylic acids is 1. The van der Waals surface area contributed by atoms with Crippen molar-refractivity contribution in [2.24, 2.45) is 5.11 Å². The number of azide groups is 1. The van der Waals surface area contributed by atoms with Crippen molar-refractivity contribution in [1.82, 2.24) is 0 Å². The van der Waals surface area contributed by atoms with Crippen LogP contribution < -0.4 is 10.4 Å². The monoisotopic (exact) mass is 497 g/mol. The van der Waals surface area contributed by atoms with Gasteiger partial charge in [-0.1, -0.05) is 86.5 Å². The molecule has 1 fully saturated rings. The summed E-state index contributed by atoms with van der Waals surface area (Å²) in [6.45, 7) is 10.1. The van der Waals surface area contributed by atoms with Gasteiger partial charge in [0.2, 0.25) is 0 Å². The molecule has 0 amide bonds. The molecular weight excluding hydrogens is 462 g/mol. The second-order valence-corrected chi connectivity index (χ2v) is 14.1. The fourth-order valence-electron chi connectivity index (χ4n) is 4.73. The average molecular weight is 498 g/mol. The summed E-state index contributed by atoms with van der Waals surface area (Å²) in [5.74, 6) is -0.464. The summed E-state index contributed by atoms with van der Waals surface area (Å²) in [5.41, 5.74) is 8.93. The van der Waals surface area contributed by atoms with Gasteiger partial charge in [0.25, 0.3) is 8.32 Å². The van der Waals surface area contributed by atoms with E-state index in [4.69, 9.17) is 24.2 Å². The number of benzene rings is 2. The van der Waals surface area contributed by atoms with Crippen molar-refractivity contribution in [2.45, 2.75) is 70.6 Å². The first kappa shape index (κ1) is 26.9. The molecule has 8 nitrogen and oxygen atoms in total. The predicted molar refractivity (Wildman–Crippen MR) is 137 cm³/mol. The Balaban J connectivity index is 1.89. The minimum atomic E-state index is -2.74. The lowest BCUT2D eigenvalue weighted by Gasteiger charge is -2.43. The van der Waals surface area contributed by atoms with Crippen LogP contribution in [-0.4, -0.2) is 52.0 Å². The molecule has 0 spiro atoms. The highest BCUT2D eigenvalue weighted by Gasteiger charge is 2.51. The minimum Gasteiger partial charge on any atom is -0.463 e. The van der Waals surface area contributed by atoms with E-state index < -0.39 is 20.5 Å². The molecule has 1 heterocycles. The Kier molecular flexibility index (Phi) is 9.10. The van der Waals surface area contributed by atoms with Crippen LogP contribution in [0.3, 0.4) is 0 Å². The molecule has 35 heavy (non-hydrogen) atoms. The summed E-state index contributed by atoms with van der Waals surface area (Å²) in [6.07, 6.45) is -1.09. The lowest BCUT2D eigenvalue weighted by Crippen LogP contribution is -2.67. The van der Waals surface area contributed by atoms with Gasteiger partial charge in [0.1, 0.15) is 12.7 Å². The first-order valence-corrected chi connectivity index (χ1v) is 13.8. The standard InChI is InChI=1S/C26H35N3O5Si/c1-19-16-23(34-25(28-29-27)18-31-20(2)30)24(33-19)17-32-35(26(3,4)5,21-12-8-6-9-13-21)22-14-10-7-11-15-22/h6-15,19,23-25H,16-18H2,1-5H3/t19-,23?,24+,25?/m0/s1. The number of rotatable bonds is 10. The lowest BCUT2D eigenvalue weighted by molar-refractivity contribution is -0.148. The molecule has 4 atom stereocenters. The van der Waals surface area contributed by atoms with Crippen molar-refractivity contribution in [3.05, 3.63) is 71.1 Å². The maximum Gasteiger partial charge on any atom is 0.302 e. The lowest BCUT2D eigenvalue weighted by atomic mass is 10.1. The second kappa shape index (κ2) is 11.8. The Morgan fingerprint density at radius 1 is 1.14 bits per heavy atom. The average Bonchev–Trinajstić information content (AvgIpc) is 3.17. The number of hydrogen-bond donors (Lipinski definition) is 0. The zero-order chi connectivity index (χ0) is 25.5. The maximum atomic E-state index is 11.2. The van der Waals surface area contributed by atoms with E-state index in [0.29, 0.717) is 13.0 Å². The Morgan fingerprint density at radius 3 is 2.20 bits per heavy atom. The first-order chi connectivity index (χ1) is 16.7. The van der Waals surface area contributed by atoms with Gasteiger partial charge in [-0.3, -0.25) is 4.79 Å². The van der Waals surface area contributed by atoms with Crippen molar-refractivity contribution in [1.29, 1.82) is 0 Å². The Hall–Kier alpha value is -2.68. The zero-order valence-corrected chi connectivity index (χ0v) is 22.1. The molecule has 3 rings (SSSR count). The smallest absolute Gasteiger partial charge is 0.302 e. The SMILES string of the molecule is CC(=O)OCC(N=[N+]=[N-])OC1C[C@H](C)O[C@@H]1CO[Si](c1ccccc1)(c1ccccc1)C(C)(C)C. The fourth-order valence-corrected chi connectivity index (χ4v) is 9.30. The van der Waals surface area contributed by atoms with Crippen molar-refractivity contribution < 1.29 is 23.4 Å². The van der Waals surface area contributed by atoms with E-state index in [-0.39, 0.29) is 30.0 Å². The van der Waals surface area contributed by atoms with Crippen LogP contribution in [-0.2, 0) is 23.4 Å². The molecule has 0 N–H and O–H groups in total. The van der Waals surface area contributed by atoms with Gasteiger partial charge in [-0.15, -0.1) is 0 Å². The summed E-state index contributed by atoms with van der Waals surface area (Å²) in [6, 6.07) is 20.8. The topological polar surface area (TPSA) is 103 Å². The highest BCUT2D eigenvalue weighted by molar-refractivity contribution is 6.99. The highest BCUT2D eigenvalue weighted by atomic mass is 28.4. The Bertz CT molecular complexity index is 969.